The highest BCUT2D eigenvalue weighted by molar-refractivity contribution is 6.08. The number of rotatable bonds is 6. The zero-order valence-electron chi connectivity index (χ0n) is 35.1. The molecule has 0 radical (unpaired) electrons. The summed E-state index contributed by atoms with van der Waals surface area (Å²) >= 11 is 0. The lowest BCUT2D eigenvalue weighted by molar-refractivity contribution is 0.620. The van der Waals surface area contributed by atoms with E-state index in [4.69, 9.17) is 18.8 Å². The van der Waals surface area contributed by atoms with Crippen LogP contribution in [0.1, 0.15) is 8.22 Å². The summed E-state index contributed by atoms with van der Waals surface area (Å²) in [5.74, 6) is 0.857. The highest BCUT2D eigenvalue weighted by Crippen LogP contribution is 2.40. The second-order valence-electron chi connectivity index (χ2n) is 13.4. The quantitative estimate of drug-likeness (QED) is 0.161. The van der Waals surface area contributed by atoms with Gasteiger partial charge in [0.2, 0.25) is 11.8 Å². The van der Waals surface area contributed by atoms with Gasteiger partial charge in [0, 0.05) is 40.3 Å². The molecule has 0 amide bonds. The number of oxazole rings is 2. The van der Waals surface area contributed by atoms with Crippen molar-refractivity contribution >= 4 is 71.6 Å². The summed E-state index contributed by atoms with van der Waals surface area (Å²) in [6.45, 7) is 0. The number of hydrogen-bond acceptors (Lipinski definition) is 5. The number of hydrogen-bond donors (Lipinski definition) is 0. The van der Waals surface area contributed by atoms with Crippen LogP contribution in [0, 0.1) is 0 Å². The van der Waals surface area contributed by atoms with Gasteiger partial charge in [-0.2, -0.15) is 0 Å². The second kappa shape index (κ2) is 12.6. The third-order valence-electron chi connectivity index (χ3n) is 9.92. The molecule has 5 heteroatoms. The van der Waals surface area contributed by atoms with Crippen LogP contribution in [0.15, 0.2) is 197 Å². The van der Waals surface area contributed by atoms with Crippen LogP contribution in [0.25, 0.3) is 88.6 Å². The average Bonchev–Trinajstić information content (AvgIpc) is 3.93. The van der Waals surface area contributed by atoms with Crippen molar-refractivity contribution in [2.75, 3.05) is 4.90 Å². The van der Waals surface area contributed by atoms with E-state index in [1.807, 2.05) is 109 Å². The van der Waals surface area contributed by atoms with E-state index in [2.05, 4.69) is 6.07 Å². The van der Waals surface area contributed by atoms with E-state index in [0.29, 0.717) is 50.9 Å². The van der Waals surface area contributed by atoms with Gasteiger partial charge in [0.15, 0.2) is 11.2 Å². The highest BCUT2D eigenvalue weighted by atomic mass is 16.4. The summed E-state index contributed by atoms with van der Waals surface area (Å²) in [6, 6.07) is 45.9. The Morgan fingerprint density at radius 3 is 1.67 bits per heavy atom. The van der Waals surface area contributed by atoms with Crippen LogP contribution >= 0.6 is 0 Å². The second-order valence-corrected chi connectivity index (χ2v) is 13.4. The lowest BCUT2D eigenvalue weighted by atomic mass is 9.96. The van der Waals surface area contributed by atoms with Crippen molar-refractivity contribution in [2.24, 2.45) is 0 Å². The van der Waals surface area contributed by atoms with Gasteiger partial charge in [0.1, 0.15) is 11.0 Å². The predicted molar refractivity (Wildman–Crippen MR) is 225 cm³/mol. The van der Waals surface area contributed by atoms with Gasteiger partial charge < -0.3 is 13.7 Å². The lowest BCUT2D eigenvalue weighted by Gasteiger charge is -2.25. The van der Waals surface area contributed by atoms with Crippen molar-refractivity contribution < 1.29 is 17.1 Å². The maximum atomic E-state index is 9.76. The van der Waals surface area contributed by atoms with Crippen LogP contribution in [-0.2, 0) is 0 Å². The summed E-state index contributed by atoms with van der Waals surface area (Å²) in [7, 11) is 0. The Hall–Kier alpha value is -7.50. The number of nitrogens with zero attached hydrogens (tertiary/aromatic N) is 3. The minimum atomic E-state index is -0.336. The Bertz CT molecular complexity index is 3450. The number of anilines is 3. The standard InChI is InChI=1S/C50H31N3O2/c1-3-10-33(11-4-1)49-51-45-25-22-41(30-47(45)54-49)53(42-23-26-46-48(31-42)55-50(52-46)34-12-5-2-6-13-34)40-21-19-36-27-35(16-17-38(36)29-40)37-20-24-44-39(28-37)18-15-32-9-7-8-14-43(32)44/h1-31H/i16D,17D,19D,21D,27D,29D. The summed E-state index contributed by atoms with van der Waals surface area (Å²) in [5, 5.41) is 3.98. The van der Waals surface area contributed by atoms with Gasteiger partial charge in [0.25, 0.3) is 0 Å². The Morgan fingerprint density at radius 2 is 0.982 bits per heavy atom. The summed E-state index contributed by atoms with van der Waals surface area (Å²) < 4.78 is 69.5. The summed E-state index contributed by atoms with van der Waals surface area (Å²) in [6.07, 6.45) is 0. The average molecular weight is 712 g/mol. The SMILES string of the molecule is [2H]c1c(N(c2ccc3nc(-c4ccccc4)oc3c2)c2ccc3nc(-c4ccccc4)oc3c2)c([2H])c2c([2H])c([2H])c(-c3ccc4c(ccc5ccccc54)c3)c([2H])c2c1[2H]. The molecule has 0 bridgehead atoms. The molecule has 258 valence electrons. The first-order valence-corrected chi connectivity index (χ1v) is 17.9. The first-order chi connectivity index (χ1) is 29.7. The van der Waals surface area contributed by atoms with Crippen molar-refractivity contribution in [3.8, 4) is 34.0 Å². The largest absolute Gasteiger partial charge is 0.436 e. The van der Waals surface area contributed by atoms with Gasteiger partial charge in [-0.1, -0.05) is 103 Å². The van der Waals surface area contributed by atoms with Crippen LogP contribution in [0.3, 0.4) is 0 Å². The third-order valence-corrected chi connectivity index (χ3v) is 9.92. The van der Waals surface area contributed by atoms with Crippen molar-refractivity contribution in [3.63, 3.8) is 0 Å². The van der Waals surface area contributed by atoms with Gasteiger partial charge in [-0.15, -0.1) is 0 Å². The Balaban J connectivity index is 1.12. The van der Waals surface area contributed by atoms with Crippen molar-refractivity contribution in [2.45, 2.75) is 0 Å². The highest BCUT2D eigenvalue weighted by Gasteiger charge is 2.19. The van der Waals surface area contributed by atoms with Crippen molar-refractivity contribution in [1.29, 1.82) is 0 Å². The van der Waals surface area contributed by atoms with Crippen molar-refractivity contribution in [3.05, 3.63) is 188 Å². The molecule has 0 N–H and O–H groups in total. The van der Waals surface area contributed by atoms with E-state index in [9.17, 15) is 8.22 Å². The van der Waals surface area contributed by atoms with Crippen LogP contribution < -0.4 is 4.90 Å². The lowest BCUT2D eigenvalue weighted by Crippen LogP contribution is -2.09. The molecule has 0 fully saturated rings. The monoisotopic (exact) mass is 711 g/mol. The zero-order chi connectivity index (χ0) is 41.5. The van der Waals surface area contributed by atoms with E-state index in [-0.39, 0.29) is 58.3 Å². The molecule has 2 heterocycles. The van der Waals surface area contributed by atoms with E-state index < -0.39 is 0 Å². The fourth-order valence-electron chi connectivity index (χ4n) is 7.21. The van der Waals surface area contributed by atoms with Crippen LogP contribution in [-0.4, -0.2) is 9.97 Å². The van der Waals surface area contributed by atoms with E-state index in [1.54, 1.807) is 41.3 Å². The van der Waals surface area contributed by atoms with E-state index in [1.165, 1.54) is 0 Å². The van der Waals surface area contributed by atoms with Gasteiger partial charge >= 0.3 is 0 Å². The molecule has 0 unspecified atom stereocenters. The van der Waals surface area contributed by atoms with Gasteiger partial charge in [-0.25, -0.2) is 9.97 Å². The van der Waals surface area contributed by atoms with E-state index >= 15 is 0 Å². The fraction of sp³-hybridized carbons (Fsp3) is 0. The molecule has 5 nitrogen and oxygen atoms in total. The van der Waals surface area contributed by atoms with Crippen molar-refractivity contribution in [1.82, 2.24) is 9.97 Å². The minimum Gasteiger partial charge on any atom is -0.436 e. The molecular weight excluding hydrogens is 675 g/mol. The Labute approximate surface area is 324 Å². The zero-order valence-corrected chi connectivity index (χ0v) is 29.1. The minimum absolute atomic E-state index is 0.0144. The first kappa shape index (κ1) is 25.5. The molecule has 0 spiro atoms. The smallest absolute Gasteiger partial charge is 0.227 e. The first-order valence-electron chi connectivity index (χ1n) is 20.9. The molecule has 11 aromatic rings. The molecule has 0 aliphatic carbocycles. The molecule has 0 saturated carbocycles. The third kappa shape index (κ3) is 5.49. The molecule has 0 aliphatic heterocycles. The Morgan fingerprint density at radius 1 is 0.400 bits per heavy atom. The molecule has 9 aromatic carbocycles. The molecular formula is C50H31N3O2. The van der Waals surface area contributed by atoms with Gasteiger partial charge in [-0.3, -0.25) is 0 Å². The van der Waals surface area contributed by atoms with Crippen LogP contribution in [0.4, 0.5) is 17.1 Å². The van der Waals surface area contributed by atoms with Crippen LogP contribution in [0.2, 0.25) is 0 Å². The molecule has 0 atom stereocenters. The predicted octanol–water partition coefficient (Wildman–Crippen LogP) is 13.9. The summed E-state index contributed by atoms with van der Waals surface area (Å²) in [4.78, 5) is 11.1. The maximum Gasteiger partial charge on any atom is 0.227 e. The molecule has 55 heavy (non-hydrogen) atoms. The number of fused-ring (bicyclic) bond motifs is 6. The normalized spacial score (nSPS) is 13.2. The Kier molecular flexibility index (Phi) is 5.82. The molecule has 2 aromatic heterocycles. The van der Waals surface area contributed by atoms with Gasteiger partial charge in [-0.05, 0) is 116 Å². The molecule has 11 rings (SSSR count). The van der Waals surface area contributed by atoms with Crippen LogP contribution in [0.5, 0.6) is 0 Å². The number of benzene rings is 9. The number of aromatic nitrogens is 2. The fourth-order valence-corrected chi connectivity index (χ4v) is 7.21. The molecule has 0 aliphatic rings. The maximum absolute atomic E-state index is 9.76. The van der Waals surface area contributed by atoms with Gasteiger partial charge in [0.05, 0.1) is 8.22 Å². The topological polar surface area (TPSA) is 55.3 Å². The van der Waals surface area contributed by atoms with E-state index in [0.717, 1.165) is 32.7 Å². The molecule has 0 saturated heterocycles. The summed E-state index contributed by atoms with van der Waals surface area (Å²) in [5.41, 5.74) is 5.36.